The number of hydrogen-bond acceptors (Lipinski definition) is 4. The molecule has 11 atom stereocenters. The minimum atomic E-state index is -4.40. The van der Waals surface area contributed by atoms with Crippen LogP contribution in [-0.4, -0.2) is 48.9 Å². The largest absolute Gasteiger partial charge is 0.481 e. The molecule has 0 aromatic heterocycles. The second kappa shape index (κ2) is 8.34. The minimum Gasteiger partial charge on any atom is -0.481 e. The smallest absolute Gasteiger partial charge is 0.329 e. The molecule has 0 bridgehead atoms. The average Bonchev–Trinajstić information content (AvgIpc) is 3.05. The predicted octanol–water partition coefficient (Wildman–Crippen LogP) is 3.63. The maximum Gasteiger partial charge on any atom is 0.329 e. The fraction of sp³-hybridized carbons (Fsp3) is 0.958. The summed E-state index contributed by atoms with van der Waals surface area (Å²) >= 11 is 0. The molecular formula is C24H41O7P. The maximum atomic E-state index is 12.6. The van der Waals surface area contributed by atoms with Gasteiger partial charge in [-0.05, 0) is 97.7 Å². The fourth-order valence-electron chi connectivity index (χ4n) is 9.28. The minimum absolute atomic E-state index is 0.0347. The normalized spacial score (nSPS) is 49.6. The van der Waals surface area contributed by atoms with Crippen molar-refractivity contribution < 1.29 is 34.5 Å². The summed E-state index contributed by atoms with van der Waals surface area (Å²) in [5.74, 6) is 0.392. The molecule has 0 heterocycles. The number of hydrogen-bond donors (Lipinski definition) is 5. The van der Waals surface area contributed by atoms with Crippen LogP contribution in [0.15, 0.2) is 0 Å². The standard InChI is InChI=1S/C24H41O7P/c1-13(4-9-22(27)28)17-7-8-18-16-6-5-14-10-15(25)11-21(32(29,30)31)23(14,2)19(16)12-20(26)24(17,18)3/h13-21,25-26H,4-12H2,1-3H3,(H,27,28)(H2,29,30,31)/t13-,14-,15+,16+,17-,18+,19+,20+,21?,23+,24-/m1/s1. The van der Waals surface area contributed by atoms with Gasteiger partial charge in [0.15, 0.2) is 0 Å². The zero-order valence-corrected chi connectivity index (χ0v) is 20.5. The molecule has 8 heteroatoms. The molecule has 0 amide bonds. The summed E-state index contributed by atoms with van der Waals surface area (Å²) in [6.45, 7) is 6.33. The van der Waals surface area contributed by atoms with Gasteiger partial charge < -0.3 is 25.1 Å². The molecule has 4 rings (SSSR count). The van der Waals surface area contributed by atoms with Crippen molar-refractivity contribution in [2.75, 3.05) is 0 Å². The molecule has 7 nitrogen and oxygen atoms in total. The highest BCUT2D eigenvalue weighted by Gasteiger charge is 2.67. The first-order valence-electron chi connectivity index (χ1n) is 12.4. The molecule has 1 unspecified atom stereocenters. The second-order valence-electron chi connectivity index (χ2n) is 12.0. The third-order valence-corrected chi connectivity index (χ3v) is 12.4. The number of aliphatic hydroxyl groups is 2. The van der Waals surface area contributed by atoms with Crippen molar-refractivity contribution in [1.82, 2.24) is 0 Å². The highest BCUT2D eigenvalue weighted by Crippen LogP contribution is 2.71. The van der Waals surface area contributed by atoms with E-state index in [0.29, 0.717) is 25.2 Å². The van der Waals surface area contributed by atoms with Gasteiger partial charge in [-0.15, -0.1) is 0 Å². The number of aliphatic carboxylic acids is 1. The molecule has 0 aliphatic heterocycles. The molecule has 4 aliphatic carbocycles. The van der Waals surface area contributed by atoms with E-state index < -0.39 is 36.8 Å². The molecule has 4 fully saturated rings. The van der Waals surface area contributed by atoms with Crippen LogP contribution < -0.4 is 0 Å². The third-order valence-electron chi connectivity index (χ3n) is 10.8. The molecule has 4 aliphatic rings. The van der Waals surface area contributed by atoms with Gasteiger partial charge in [0.25, 0.3) is 0 Å². The van der Waals surface area contributed by atoms with Crippen LogP contribution in [0.5, 0.6) is 0 Å². The number of rotatable bonds is 5. The summed E-state index contributed by atoms with van der Waals surface area (Å²) in [5.41, 5.74) is -1.73. The summed E-state index contributed by atoms with van der Waals surface area (Å²) in [4.78, 5) is 31.6. The number of carbonyl (C=O) groups is 1. The van der Waals surface area contributed by atoms with Crippen molar-refractivity contribution >= 4 is 13.6 Å². The third kappa shape index (κ3) is 3.71. The Morgan fingerprint density at radius 2 is 1.69 bits per heavy atom. The van der Waals surface area contributed by atoms with Crippen LogP contribution in [0.1, 0.15) is 78.6 Å². The first-order chi connectivity index (χ1) is 14.8. The number of carboxylic acid groups (broad SMARTS) is 1. The molecule has 4 saturated carbocycles. The lowest BCUT2D eigenvalue weighted by Crippen LogP contribution is -2.62. The maximum absolute atomic E-state index is 12.6. The van der Waals surface area contributed by atoms with Crippen molar-refractivity contribution in [3.8, 4) is 0 Å². The first-order valence-corrected chi connectivity index (χ1v) is 14.1. The van der Waals surface area contributed by atoms with Crippen LogP contribution in [0.4, 0.5) is 0 Å². The molecule has 5 N–H and O–H groups in total. The number of fused-ring (bicyclic) bond motifs is 5. The molecule has 32 heavy (non-hydrogen) atoms. The summed E-state index contributed by atoms with van der Waals surface area (Å²) in [6, 6.07) is 0. The van der Waals surface area contributed by atoms with Gasteiger partial charge in [-0.25, -0.2) is 0 Å². The van der Waals surface area contributed by atoms with Crippen LogP contribution >= 0.6 is 7.60 Å². The van der Waals surface area contributed by atoms with Crippen molar-refractivity contribution in [3.05, 3.63) is 0 Å². The Hall–Kier alpha value is -0.460. The van der Waals surface area contributed by atoms with E-state index in [1.165, 1.54) is 0 Å². The van der Waals surface area contributed by atoms with Crippen molar-refractivity contribution in [3.63, 3.8) is 0 Å². The van der Waals surface area contributed by atoms with E-state index in [1.54, 1.807) is 0 Å². The van der Waals surface area contributed by atoms with Gasteiger partial charge in [-0.3, -0.25) is 9.36 Å². The molecule has 0 spiro atoms. The highest BCUT2D eigenvalue weighted by molar-refractivity contribution is 7.52. The van der Waals surface area contributed by atoms with Gasteiger partial charge in [0.1, 0.15) is 0 Å². The predicted molar refractivity (Wildman–Crippen MR) is 120 cm³/mol. The van der Waals surface area contributed by atoms with Gasteiger partial charge in [0.05, 0.1) is 17.9 Å². The molecule has 0 aromatic carbocycles. The first kappa shape index (κ1) is 24.7. The van der Waals surface area contributed by atoms with E-state index in [-0.39, 0.29) is 47.8 Å². The van der Waals surface area contributed by atoms with Crippen LogP contribution in [0.25, 0.3) is 0 Å². The van der Waals surface area contributed by atoms with E-state index in [0.717, 1.165) is 25.7 Å². The second-order valence-corrected chi connectivity index (χ2v) is 13.8. The van der Waals surface area contributed by atoms with Crippen LogP contribution in [0.2, 0.25) is 0 Å². The number of aliphatic hydroxyl groups excluding tert-OH is 2. The van der Waals surface area contributed by atoms with Crippen molar-refractivity contribution in [2.45, 2.75) is 96.4 Å². The van der Waals surface area contributed by atoms with Crippen LogP contribution in [-0.2, 0) is 9.36 Å². The van der Waals surface area contributed by atoms with E-state index >= 15 is 0 Å². The Kier molecular flexibility index (Phi) is 6.42. The fourth-order valence-corrected chi connectivity index (χ4v) is 10.9. The average molecular weight is 473 g/mol. The van der Waals surface area contributed by atoms with Gasteiger partial charge >= 0.3 is 13.6 Å². The Bertz CT molecular complexity index is 782. The molecule has 0 saturated heterocycles. The molecule has 184 valence electrons. The Morgan fingerprint density at radius 1 is 1.00 bits per heavy atom. The van der Waals surface area contributed by atoms with Crippen LogP contribution in [0, 0.1) is 46.3 Å². The quantitative estimate of drug-likeness (QED) is 0.386. The monoisotopic (exact) mass is 472 g/mol. The van der Waals surface area contributed by atoms with Gasteiger partial charge in [0.2, 0.25) is 0 Å². The topological polar surface area (TPSA) is 135 Å². The molecule has 0 aromatic rings. The molecular weight excluding hydrogens is 431 g/mol. The van der Waals surface area contributed by atoms with Crippen LogP contribution in [0.3, 0.4) is 0 Å². The van der Waals surface area contributed by atoms with E-state index in [2.05, 4.69) is 13.8 Å². The summed E-state index contributed by atoms with van der Waals surface area (Å²) in [6.07, 6.45) is 4.59. The Balaban J connectivity index is 1.65. The lowest BCUT2D eigenvalue weighted by Gasteiger charge is -2.64. The zero-order chi connectivity index (χ0) is 23.6. The Labute approximate surface area is 191 Å². The summed E-state index contributed by atoms with van der Waals surface area (Å²) in [5, 5.41) is 31.1. The zero-order valence-electron chi connectivity index (χ0n) is 19.6. The van der Waals surface area contributed by atoms with E-state index in [1.807, 2.05) is 6.92 Å². The highest BCUT2D eigenvalue weighted by atomic mass is 31.2. The van der Waals surface area contributed by atoms with E-state index in [9.17, 15) is 29.4 Å². The SMILES string of the molecule is C[C@H](CCC(=O)O)[C@H]1CC[C@H]2[C@@H]3CC[C@@H]4C[C@H](O)CC(P(=O)(O)O)[C@]4(C)[C@H]3C[C@H](O)[C@]12C. The van der Waals surface area contributed by atoms with Gasteiger partial charge in [-0.2, -0.15) is 0 Å². The lowest BCUT2D eigenvalue weighted by molar-refractivity contribution is -0.174. The number of carboxylic acids is 1. The van der Waals surface area contributed by atoms with Crippen molar-refractivity contribution in [1.29, 1.82) is 0 Å². The summed E-state index contributed by atoms with van der Waals surface area (Å²) < 4.78 is 12.6. The van der Waals surface area contributed by atoms with E-state index in [4.69, 9.17) is 5.11 Å². The van der Waals surface area contributed by atoms with Gasteiger partial charge in [0, 0.05) is 6.42 Å². The van der Waals surface area contributed by atoms with Gasteiger partial charge in [-0.1, -0.05) is 20.8 Å². The molecule has 0 radical (unpaired) electrons. The summed E-state index contributed by atoms with van der Waals surface area (Å²) in [7, 11) is -4.40. The Morgan fingerprint density at radius 3 is 2.31 bits per heavy atom. The van der Waals surface area contributed by atoms with Crippen molar-refractivity contribution in [2.24, 2.45) is 46.3 Å². The lowest BCUT2D eigenvalue weighted by atomic mass is 9.43.